The van der Waals surface area contributed by atoms with E-state index in [2.05, 4.69) is 0 Å². The van der Waals surface area contributed by atoms with Crippen molar-refractivity contribution in [2.45, 2.75) is 147 Å². The van der Waals surface area contributed by atoms with Crippen LogP contribution in [0.25, 0.3) is 0 Å². The second-order valence-electron chi connectivity index (χ2n) is 17.5. The molecule has 0 aromatic heterocycles. The fraction of sp³-hybridized carbons (Fsp3) is 0.795. The maximum atomic E-state index is 14.2. The van der Waals surface area contributed by atoms with Gasteiger partial charge in [0.25, 0.3) is 0 Å². The van der Waals surface area contributed by atoms with Crippen molar-refractivity contribution >= 4 is 22.6 Å². The van der Waals surface area contributed by atoms with Crippen molar-refractivity contribution in [3.8, 4) is 5.75 Å². The molecular formula is C39H54O23S. The summed E-state index contributed by atoms with van der Waals surface area (Å²) >= 11 is 0. The molecule has 1 aromatic rings. The van der Waals surface area contributed by atoms with Gasteiger partial charge >= 0.3 is 5.97 Å². The summed E-state index contributed by atoms with van der Waals surface area (Å²) in [7, 11) is -1.93. The number of phenolic OH excluding ortho intramolecular Hbond substituents is 1. The van der Waals surface area contributed by atoms with Crippen molar-refractivity contribution in [3.05, 3.63) is 29.8 Å². The normalized spacial score (nSPS) is 51.0. The van der Waals surface area contributed by atoms with Crippen molar-refractivity contribution in [2.75, 3.05) is 32.2 Å². The highest BCUT2D eigenvalue weighted by Gasteiger charge is 2.75. The van der Waals surface area contributed by atoms with Gasteiger partial charge in [-0.25, -0.2) is 4.79 Å². The van der Waals surface area contributed by atoms with Gasteiger partial charge in [-0.2, -0.15) is 0 Å². The van der Waals surface area contributed by atoms with Gasteiger partial charge in [0, 0.05) is 29.1 Å². The molecule has 0 amide bonds. The Labute approximate surface area is 361 Å². The van der Waals surface area contributed by atoms with E-state index in [-0.39, 0.29) is 36.5 Å². The van der Waals surface area contributed by atoms with E-state index >= 15 is 0 Å². The van der Waals surface area contributed by atoms with E-state index in [1.807, 2.05) is 0 Å². The van der Waals surface area contributed by atoms with E-state index < -0.39 is 175 Å². The molecule has 7 fully saturated rings. The molecule has 11 N–H and O–H groups in total. The third kappa shape index (κ3) is 8.06. The Balaban J connectivity index is 0.994. The van der Waals surface area contributed by atoms with Crippen LogP contribution in [0.3, 0.4) is 0 Å². The number of esters is 1. The minimum Gasteiger partial charge on any atom is -0.508 e. The van der Waals surface area contributed by atoms with Gasteiger partial charge in [-0.3, -0.25) is 9.00 Å². The predicted molar refractivity (Wildman–Crippen MR) is 202 cm³/mol. The van der Waals surface area contributed by atoms with Crippen LogP contribution in [0.1, 0.15) is 37.0 Å². The monoisotopic (exact) mass is 922 g/mol. The Kier molecular flexibility index (Phi) is 13.2. The third-order valence-electron chi connectivity index (χ3n) is 13.4. The zero-order chi connectivity index (χ0) is 45.5. The molecule has 6 saturated heterocycles. The van der Waals surface area contributed by atoms with Gasteiger partial charge in [0.1, 0.15) is 72.4 Å². The van der Waals surface area contributed by atoms with Crippen LogP contribution < -0.4 is 0 Å². The highest BCUT2D eigenvalue weighted by Crippen LogP contribution is 2.53. The van der Waals surface area contributed by atoms with Crippen molar-refractivity contribution in [1.82, 2.24) is 0 Å². The minimum atomic E-state index is -2.61. The number of ketones is 1. The first-order valence-electron chi connectivity index (χ1n) is 20.6. The number of aromatic hydroxyl groups is 1. The molecule has 1 aliphatic carbocycles. The van der Waals surface area contributed by atoms with E-state index in [1.165, 1.54) is 31.2 Å². The molecule has 1 saturated carbocycles. The van der Waals surface area contributed by atoms with E-state index in [9.17, 15) is 70.0 Å². The number of phenols is 1. The molecule has 6 aliphatic heterocycles. The van der Waals surface area contributed by atoms with Crippen LogP contribution in [0, 0.1) is 11.8 Å². The van der Waals surface area contributed by atoms with Crippen LogP contribution in [0.5, 0.6) is 5.75 Å². The average molecular weight is 923 g/mol. The molecule has 63 heavy (non-hydrogen) atoms. The number of hydrogen-bond acceptors (Lipinski definition) is 23. The van der Waals surface area contributed by atoms with Crippen molar-refractivity contribution in [1.29, 1.82) is 0 Å². The summed E-state index contributed by atoms with van der Waals surface area (Å²) in [5, 5.41) is 117. The van der Waals surface area contributed by atoms with Crippen molar-refractivity contribution in [2.24, 2.45) is 11.8 Å². The van der Waals surface area contributed by atoms with Gasteiger partial charge in [-0.05, 0) is 37.6 Å². The third-order valence-corrected chi connectivity index (χ3v) is 15.3. The first-order chi connectivity index (χ1) is 29.8. The molecule has 0 bridgehead atoms. The van der Waals surface area contributed by atoms with Gasteiger partial charge in [-0.15, -0.1) is 0 Å². The van der Waals surface area contributed by atoms with E-state index in [1.54, 1.807) is 6.92 Å². The molecule has 354 valence electrons. The lowest BCUT2D eigenvalue weighted by Gasteiger charge is -2.47. The van der Waals surface area contributed by atoms with Gasteiger partial charge in [-0.1, -0.05) is 6.92 Å². The lowest BCUT2D eigenvalue weighted by molar-refractivity contribution is -0.377. The molecule has 23 nitrogen and oxygen atoms in total. The Hall–Kier alpha value is -2.41. The SMILES string of the molecule is C[C@@H]1CO[C@@]2(C[C@@H]1OC(=O)c1ccc(O)cc1)O[C@@H]1[C@@H]3[C@H](C[C@H](O)[C@]1(O)C2=O)[C@@H](O[C@@H]1O[C@H](C)[C@@H](O)[C@H](O)[C@H]1O[C@@H]1O[C@H](CO)[C@@H](O)[C@H](O[C@@H]2OC[C@](O)(CO)[C@H]2O)[C@H]1O)CS3=O. The number of carbonyl (C=O) groups excluding carboxylic acids is 2. The molecule has 1 spiro atoms. The Bertz CT molecular complexity index is 1860. The smallest absolute Gasteiger partial charge is 0.338 e. The predicted octanol–water partition coefficient (Wildman–Crippen LogP) is -5.62. The maximum Gasteiger partial charge on any atom is 0.338 e. The zero-order valence-corrected chi connectivity index (χ0v) is 34.8. The molecule has 1 unspecified atom stereocenters. The lowest BCUT2D eigenvalue weighted by atomic mass is 9.70. The number of carbonyl (C=O) groups is 2. The number of fused-ring (bicyclic) bond motifs is 3. The molecule has 6 heterocycles. The number of rotatable bonds is 10. The zero-order valence-electron chi connectivity index (χ0n) is 34.0. The van der Waals surface area contributed by atoms with E-state index in [0.29, 0.717) is 0 Å². The second-order valence-corrected chi connectivity index (χ2v) is 19.2. The quantitative estimate of drug-likeness (QED) is 0.0975. The average Bonchev–Trinajstić information content (AvgIpc) is 3.80. The molecular weight excluding hydrogens is 868 g/mol. The summed E-state index contributed by atoms with van der Waals surface area (Å²) in [6.07, 6.45) is -26.6. The fourth-order valence-electron chi connectivity index (χ4n) is 9.54. The molecule has 23 atom stereocenters. The van der Waals surface area contributed by atoms with Crippen molar-refractivity contribution < 1.29 is 113 Å². The number of Topliss-reactive ketones (excluding diaryl/α,β-unsaturated/α-hetero) is 1. The highest BCUT2D eigenvalue weighted by molar-refractivity contribution is 7.86. The summed E-state index contributed by atoms with van der Waals surface area (Å²) < 4.78 is 66.7. The first kappa shape index (κ1) is 47.1. The summed E-state index contributed by atoms with van der Waals surface area (Å²) in [4.78, 5) is 27.3. The van der Waals surface area contributed by atoms with Gasteiger partial charge in [0.2, 0.25) is 11.6 Å². The fourth-order valence-corrected chi connectivity index (χ4v) is 11.6. The van der Waals surface area contributed by atoms with Crippen LogP contribution in [-0.4, -0.2) is 225 Å². The van der Waals surface area contributed by atoms with Crippen LogP contribution in [0.2, 0.25) is 0 Å². The Morgan fingerprint density at radius 2 is 1.57 bits per heavy atom. The summed E-state index contributed by atoms with van der Waals surface area (Å²) in [6, 6.07) is 5.30. The molecule has 1 aromatic carbocycles. The molecule has 0 radical (unpaired) electrons. The van der Waals surface area contributed by atoms with Crippen LogP contribution >= 0.6 is 0 Å². The van der Waals surface area contributed by atoms with Gasteiger partial charge < -0.3 is 98.8 Å². The summed E-state index contributed by atoms with van der Waals surface area (Å²) in [6.45, 7) is 0.601. The number of aliphatic hydroxyl groups is 10. The van der Waals surface area contributed by atoms with Crippen LogP contribution in [0.4, 0.5) is 0 Å². The number of hydrogen-bond donors (Lipinski definition) is 11. The Morgan fingerprint density at radius 1 is 0.873 bits per heavy atom. The molecule has 8 rings (SSSR count). The first-order valence-corrected chi connectivity index (χ1v) is 22.0. The lowest BCUT2D eigenvalue weighted by Crippen LogP contribution is -2.66. The van der Waals surface area contributed by atoms with E-state index in [4.69, 9.17) is 42.6 Å². The van der Waals surface area contributed by atoms with Crippen molar-refractivity contribution in [3.63, 3.8) is 0 Å². The standard InChI is InChI=1S/C39H54O23S/c1-14-10-55-38(8-19(14)57-32(49)16-3-5-17(42)6-4-16)36(50)39(52)22(43)7-18-21(11-63(53)29(18)31(39)62-38)59-34-28(25(46)23(44)15(2)56-34)61-33-26(47)27(24(45)20(9-40)58-33)60-35-30(48)37(51,12-41)13-54-35/h3-6,14-15,18-31,33-35,40-48,51-52H,7-13H2,1-2H3/t14-,15-,18-,19+,20-,21+,22+,23-,24-,25+,26-,27+,28-,29+,30+,31-,33+,34+,35+,37-,38+,39-,63?/m1/s1. The number of aliphatic hydroxyl groups excluding tert-OH is 8. The van der Waals surface area contributed by atoms with Gasteiger partial charge in [0.15, 0.2) is 24.5 Å². The van der Waals surface area contributed by atoms with Gasteiger partial charge in [0.05, 0.1) is 61.3 Å². The number of benzene rings is 1. The minimum absolute atomic E-state index is 0.0723. The van der Waals surface area contributed by atoms with Crippen LogP contribution in [-0.2, 0) is 58.2 Å². The molecule has 7 aliphatic rings. The Morgan fingerprint density at radius 3 is 2.24 bits per heavy atom. The summed E-state index contributed by atoms with van der Waals surface area (Å²) in [5.74, 6) is -5.73. The maximum absolute atomic E-state index is 14.2. The van der Waals surface area contributed by atoms with Crippen LogP contribution in [0.15, 0.2) is 24.3 Å². The van der Waals surface area contributed by atoms with E-state index in [0.717, 1.165) is 0 Å². The number of ether oxygens (including phenoxy) is 9. The second kappa shape index (κ2) is 17.7. The summed E-state index contributed by atoms with van der Waals surface area (Å²) in [5.41, 5.74) is -4.63. The highest BCUT2D eigenvalue weighted by atomic mass is 32.2. The largest absolute Gasteiger partial charge is 0.508 e. The molecule has 24 heteroatoms. The topological polar surface area (TPSA) is 357 Å².